The van der Waals surface area contributed by atoms with Gasteiger partial charge in [0.1, 0.15) is 11.6 Å². The molecule has 1 aliphatic carbocycles. The van der Waals surface area contributed by atoms with Crippen molar-refractivity contribution in [3.63, 3.8) is 0 Å². The quantitative estimate of drug-likeness (QED) is 0.885. The van der Waals surface area contributed by atoms with Gasteiger partial charge in [0.05, 0.1) is 0 Å². The number of carbonyl (C=O) groups excluding carboxylic acids is 2. The monoisotopic (exact) mass is 316 g/mol. The third-order valence-electron chi connectivity index (χ3n) is 4.95. The van der Waals surface area contributed by atoms with Crippen LogP contribution < -0.4 is 5.32 Å². The molecular formula is C18H24N2O3. The molecule has 2 fully saturated rings. The number of nitrogens with zero attached hydrogens (tertiary/aromatic N) is 1. The van der Waals surface area contributed by atoms with Crippen molar-refractivity contribution in [1.29, 1.82) is 0 Å². The summed E-state index contributed by atoms with van der Waals surface area (Å²) in [5.74, 6) is -0.439. The Labute approximate surface area is 136 Å². The first kappa shape index (κ1) is 16.0. The summed E-state index contributed by atoms with van der Waals surface area (Å²) in [6.45, 7) is 3.23. The molecule has 2 N–H and O–H groups in total. The van der Waals surface area contributed by atoms with E-state index in [4.69, 9.17) is 0 Å². The highest BCUT2D eigenvalue weighted by molar-refractivity contribution is 5.92. The predicted octanol–water partition coefficient (Wildman–Crippen LogP) is 1.52. The summed E-state index contributed by atoms with van der Waals surface area (Å²) >= 11 is 0. The number of likely N-dealkylation sites (tertiary alicyclic amines) is 1. The van der Waals surface area contributed by atoms with Crippen molar-refractivity contribution in [1.82, 2.24) is 10.2 Å². The second-order valence-corrected chi connectivity index (χ2v) is 6.80. The van der Waals surface area contributed by atoms with Crippen LogP contribution >= 0.6 is 0 Å². The standard InChI is InChI=1S/C18H24N2O3/c1-13-4-6-14(7-5-13)12-20-11-8-15(16(20)21)19-17(22)18(23)9-2-3-10-18/h4-7,15,23H,2-3,8-12H2,1H3,(H,19,22). The molecule has 0 radical (unpaired) electrons. The molecule has 124 valence electrons. The van der Waals surface area contributed by atoms with Gasteiger partial charge in [-0.05, 0) is 44.6 Å². The molecule has 23 heavy (non-hydrogen) atoms. The third-order valence-corrected chi connectivity index (χ3v) is 4.95. The Bertz CT molecular complexity index is 591. The number of hydrogen-bond donors (Lipinski definition) is 2. The van der Waals surface area contributed by atoms with Crippen LogP contribution in [0, 0.1) is 6.92 Å². The molecule has 2 amide bonds. The number of hydrogen-bond acceptors (Lipinski definition) is 3. The lowest BCUT2D eigenvalue weighted by Crippen LogP contribution is -2.51. The molecule has 1 saturated carbocycles. The molecule has 1 unspecified atom stereocenters. The average molecular weight is 316 g/mol. The van der Waals surface area contributed by atoms with E-state index in [1.165, 1.54) is 5.56 Å². The highest BCUT2D eigenvalue weighted by atomic mass is 16.3. The van der Waals surface area contributed by atoms with Crippen molar-refractivity contribution in [2.45, 2.75) is 57.2 Å². The van der Waals surface area contributed by atoms with Crippen LogP contribution in [0.2, 0.25) is 0 Å². The average Bonchev–Trinajstić information content (AvgIpc) is 3.11. The third kappa shape index (κ3) is 3.39. The normalized spacial score (nSPS) is 23.3. The zero-order chi connectivity index (χ0) is 16.4. The summed E-state index contributed by atoms with van der Waals surface area (Å²) in [5, 5.41) is 13.1. The highest BCUT2D eigenvalue weighted by Gasteiger charge is 2.42. The molecule has 1 aliphatic heterocycles. The Balaban J connectivity index is 1.58. The number of carbonyl (C=O) groups is 2. The molecule has 0 aromatic heterocycles. The topological polar surface area (TPSA) is 69.6 Å². The fraction of sp³-hybridized carbons (Fsp3) is 0.556. The molecule has 5 heteroatoms. The van der Waals surface area contributed by atoms with Crippen molar-refractivity contribution in [3.8, 4) is 0 Å². The highest BCUT2D eigenvalue weighted by Crippen LogP contribution is 2.30. The molecule has 0 spiro atoms. The van der Waals surface area contributed by atoms with E-state index in [9.17, 15) is 14.7 Å². The fourth-order valence-electron chi connectivity index (χ4n) is 3.42. The molecule has 1 saturated heterocycles. The van der Waals surface area contributed by atoms with E-state index in [-0.39, 0.29) is 11.8 Å². The van der Waals surface area contributed by atoms with Gasteiger partial charge < -0.3 is 15.3 Å². The van der Waals surface area contributed by atoms with E-state index < -0.39 is 11.6 Å². The van der Waals surface area contributed by atoms with Crippen LogP contribution in [0.4, 0.5) is 0 Å². The van der Waals surface area contributed by atoms with E-state index in [1.807, 2.05) is 31.2 Å². The first-order chi connectivity index (χ1) is 11.0. The van der Waals surface area contributed by atoms with Crippen molar-refractivity contribution in [2.75, 3.05) is 6.54 Å². The number of amides is 2. The summed E-state index contributed by atoms with van der Waals surface area (Å²) in [6.07, 6.45) is 3.32. The van der Waals surface area contributed by atoms with Crippen molar-refractivity contribution in [2.24, 2.45) is 0 Å². The Morgan fingerprint density at radius 3 is 2.61 bits per heavy atom. The van der Waals surface area contributed by atoms with Crippen molar-refractivity contribution in [3.05, 3.63) is 35.4 Å². The van der Waals surface area contributed by atoms with Crippen LogP contribution in [0.1, 0.15) is 43.2 Å². The summed E-state index contributed by atoms with van der Waals surface area (Å²) in [6, 6.07) is 7.61. The largest absolute Gasteiger partial charge is 0.380 e. The second-order valence-electron chi connectivity index (χ2n) is 6.80. The van der Waals surface area contributed by atoms with Crippen LogP contribution in [-0.4, -0.2) is 40.0 Å². The predicted molar refractivity (Wildman–Crippen MR) is 86.6 cm³/mol. The zero-order valence-corrected chi connectivity index (χ0v) is 13.5. The fourth-order valence-corrected chi connectivity index (χ4v) is 3.42. The minimum Gasteiger partial charge on any atom is -0.380 e. The van der Waals surface area contributed by atoms with E-state index in [2.05, 4.69) is 5.32 Å². The minimum atomic E-state index is -1.27. The lowest BCUT2D eigenvalue weighted by molar-refractivity contribution is -0.142. The molecular weight excluding hydrogens is 292 g/mol. The zero-order valence-electron chi connectivity index (χ0n) is 13.5. The smallest absolute Gasteiger partial charge is 0.252 e. The molecule has 1 aromatic rings. The maximum Gasteiger partial charge on any atom is 0.252 e. The van der Waals surface area contributed by atoms with Crippen LogP contribution in [0.5, 0.6) is 0 Å². The number of aliphatic hydroxyl groups is 1. The van der Waals surface area contributed by atoms with Crippen molar-refractivity contribution < 1.29 is 14.7 Å². The molecule has 3 rings (SSSR count). The van der Waals surface area contributed by atoms with E-state index in [0.717, 1.165) is 18.4 Å². The first-order valence-electron chi connectivity index (χ1n) is 8.36. The Morgan fingerprint density at radius 1 is 1.30 bits per heavy atom. The lowest BCUT2D eigenvalue weighted by Gasteiger charge is -2.23. The van der Waals surface area contributed by atoms with Gasteiger partial charge in [0.25, 0.3) is 5.91 Å². The van der Waals surface area contributed by atoms with Gasteiger partial charge in [0.2, 0.25) is 5.91 Å². The Morgan fingerprint density at radius 2 is 1.96 bits per heavy atom. The molecule has 5 nitrogen and oxygen atoms in total. The molecule has 2 aliphatic rings. The molecule has 1 atom stereocenters. The van der Waals surface area contributed by atoms with Crippen LogP contribution in [0.3, 0.4) is 0 Å². The van der Waals surface area contributed by atoms with Gasteiger partial charge in [0.15, 0.2) is 0 Å². The van der Waals surface area contributed by atoms with Crippen LogP contribution in [0.15, 0.2) is 24.3 Å². The van der Waals surface area contributed by atoms with Gasteiger partial charge in [-0.25, -0.2) is 0 Å². The summed E-state index contributed by atoms with van der Waals surface area (Å²) < 4.78 is 0. The maximum atomic E-state index is 12.5. The molecule has 1 aromatic carbocycles. The summed E-state index contributed by atoms with van der Waals surface area (Å²) in [5.41, 5.74) is 1.01. The first-order valence-corrected chi connectivity index (χ1v) is 8.36. The number of rotatable bonds is 4. The van der Waals surface area contributed by atoms with Crippen molar-refractivity contribution >= 4 is 11.8 Å². The van der Waals surface area contributed by atoms with Gasteiger partial charge in [-0.15, -0.1) is 0 Å². The number of nitrogens with one attached hydrogen (secondary N) is 1. The Hall–Kier alpha value is -1.88. The van der Waals surface area contributed by atoms with Gasteiger partial charge in [-0.1, -0.05) is 29.8 Å². The van der Waals surface area contributed by atoms with Gasteiger partial charge >= 0.3 is 0 Å². The van der Waals surface area contributed by atoms with E-state index in [1.54, 1.807) is 4.90 Å². The maximum absolute atomic E-state index is 12.5. The Kier molecular flexibility index (Phi) is 4.39. The van der Waals surface area contributed by atoms with E-state index >= 15 is 0 Å². The lowest BCUT2D eigenvalue weighted by atomic mass is 10.0. The van der Waals surface area contributed by atoms with Crippen LogP contribution in [-0.2, 0) is 16.1 Å². The minimum absolute atomic E-state index is 0.0551. The van der Waals surface area contributed by atoms with Gasteiger partial charge in [-0.2, -0.15) is 0 Å². The van der Waals surface area contributed by atoms with Crippen LogP contribution in [0.25, 0.3) is 0 Å². The summed E-state index contributed by atoms with van der Waals surface area (Å²) in [4.78, 5) is 26.5. The SMILES string of the molecule is Cc1ccc(CN2CCC(NC(=O)C3(O)CCCC3)C2=O)cc1. The number of aryl methyl sites for hydroxylation is 1. The second kappa shape index (κ2) is 6.32. The van der Waals surface area contributed by atoms with E-state index in [0.29, 0.717) is 32.4 Å². The van der Waals surface area contributed by atoms with Gasteiger partial charge in [0, 0.05) is 13.1 Å². The number of benzene rings is 1. The molecule has 1 heterocycles. The van der Waals surface area contributed by atoms with Gasteiger partial charge in [-0.3, -0.25) is 9.59 Å². The summed E-state index contributed by atoms with van der Waals surface area (Å²) in [7, 11) is 0. The molecule has 0 bridgehead atoms.